The molecule has 4 heterocycles. The van der Waals surface area contributed by atoms with Crippen molar-refractivity contribution < 1.29 is 4.39 Å². The molecule has 5 rings (SSSR count). The monoisotopic (exact) mass is 387 g/mol. The van der Waals surface area contributed by atoms with E-state index in [2.05, 4.69) is 25.3 Å². The number of aromatic nitrogens is 7. The molecule has 0 radical (unpaired) electrons. The molecule has 8 heteroatoms. The van der Waals surface area contributed by atoms with Crippen LogP contribution in [-0.4, -0.2) is 34.9 Å². The molecule has 0 aliphatic heterocycles. The second kappa shape index (κ2) is 6.66. The average molecular weight is 387 g/mol. The largest absolute Gasteiger partial charge is 0.344 e. The number of benzene rings is 1. The van der Waals surface area contributed by atoms with Gasteiger partial charge in [-0.2, -0.15) is 10.2 Å². The van der Waals surface area contributed by atoms with Crippen molar-refractivity contribution in [3.63, 3.8) is 0 Å². The maximum absolute atomic E-state index is 13.8. The number of hydrogen-bond acceptors (Lipinski definition) is 4. The van der Waals surface area contributed by atoms with Crippen molar-refractivity contribution in [1.29, 1.82) is 0 Å². The topological polar surface area (TPSA) is 88.1 Å². The Kier molecular flexibility index (Phi) is 3.97. The fourth-order valence-electron chi connectivity index (χ4n) is 3.44. The molecular formula is C21H18FN7. The Morgan fingerprint density at radius 1 is 1.10 bits per heavy atom. The van der Waals surface area contributed by atoms with Gasteiger partial charge in [0.15, 0.2) is 5.65 Å². The number of aromatic amines is 2. The first-order valence-electron chi connectivity index (χ1n) is 9.21. The highest BCUT2D eigenvalue weighted by Gasteiger charge is 2.14. The highest BCUT2D eigenvalue weighted by atomic mass is 19.1. The number of hydrogen-bond donors (Lipinski definition) is 2. The zero-order chi connectivity index (χ0) is 20.0. The highest BCUT2D eigenvalue weighted by Crippen LogP contribution is 2.29. The molecule has 0 spiro atoms. The molecular weight excluding hydrogens is 369 g/mol. The lowest BCUT2D eigenvalue weighted by Gasteiger charge is -2.06. The number of fused-ring (bicyclic) bond motifs is 1. The summed E-state index contributed by atoms with van der Waals surface area (Å²) in [7, 11) is 0. The molecule has 7 nitrogen and oxygen atoms in total. The zero-order valence-corrected chi connectivity index (χ0v) is 15.9. The molecule has 29 heavy (non-hydrogen) atoms. The molecule has 0 fully saturated rings. The normalized spacial score (nSPS) is 11.4. The van der Waals surface area contributed by atoms with Crippen molar-refractivity contribution in [1.82, 2.24) is 34.9 Å². The van der Waals surface area contributed by atoms with Crippen molar-refractivity contribution >= 4 is 11.2 Å². The molecule has 0 bridgehead atoms. The Balaban J connectivity index is 1.51. The van der Waals surface area contributed by atoms with Crippen molar-refractivity contribution in [3.05, 3.63) is 71.8 Å². The summed E-state index contributed by atoms with van der Waals surface area (Å²) in [5.41, 5.74) is 7.46. The Morgan fingerprint density at radius 2 is 2.00 bits per heavy atom. The quantitative estimate of drug-likeness (QED) is 0.488. The Morgan fingerprint density at radius 3 is 2.83 bits per heavy atom. The van der Waals surface area contributed by atoms with Crippen molar-refractivity contribution in [2.45, 2.75) is 20.4 Å². The summed E-state index contributed by atoms with van der Waals surface area (Å²) >= 11 is 0. The second-order valence-corrected chi connectivity index (χ2v) is 7.01. The summed E-state index contributed by atoms with van der Waals surface area (Å²) in [6, 6.07) is 5.10. The molecule has 0 saturated heterocycles. The van der Waals surface area contributed by atoms with E-state index in [-0.39, 0.29) is 5.82 Å². The van der Waals surface area contributed by atoms with Gasteiger partial charge in [0.2, 0.25) is 0 Å². The van der Waals surface area contributed by atoms with Crippen LogP contribution in [0.5, 0.6) is 0 Å². The first kappa shape index (κ1) is 17.3. The summed E-state index contributed by atoms with van der Waals surface area (Å²) in [5, 5.41) is 11.4. The van der Waals surface area contributed by atoms with Gasteiger partial charge in [-0.3, -0.25) is 9.78 Å². The van der Waals surface area contributed by atoms with Crippen molar-refractivity contribution in [3.8, 4) is 22.4 Å². The van der Waals surface area contributed by atoms with Crippen LogP contribution in [0.1, 0.15) is 16.8 Å². The molecule has 1 aromatic carbocycles. The van der Waals surface area contributed by atoms with E-state index >= 15 is 0 Å². The third-order valence-electron chi connectivity index (χ3n) is 5.14. The van der Waals surface area contributed by atoms with Crippen LogP contribution in [0.2, 0.25) is 0 Å². The first-order valence-corrected chi connectivity index (χ1v) is 9.21. The Hall–Kier alpha value is -3.81. The molecule has 0 unspecified atom stereocenters. The lowest BCUT2D eigenvalue weighted by molar-refractivity contribution is 0.608. The van der Waals surface area contributed by atoms with Gasteiger partial charge in [-0.15, -0.1) is 0 Å². The maximum atomic E-state index is 13.8. The average Bonchev–Trinajstić information content (AvgIpc) is 3.44. The van der Waals surface area contributed by atoms with Crippen LogP contribution in [0.3, 0.4) is 0 Å². The number of aryl methyl sites for hydroxylation is 1. The molecule has 0 aliphatic rings. The molecule has 0 amide bonds. The molecule has 0 atom stereocenters. The predicted octanol–water partition coefficient (Wildman–Crippen LogP) is 4.02. The van der Waals surface area contributed by atoms with Gasteiger partial charge in [0.1, 0.15) is 11.3 Å². The second-order valence-electron chi connectivity index (χ2n) is 7.01. The highest BCUT2D eigenvalue weighted by molar-refractivity contribution is 5.91. The van der Waals surface area contributed by atoms with Crippen LogP contribution in [0.15, 0.2) is 49.2 Å². The standard InChI is InChI=1S/C21H18FN7/c1-12-14(4-3-5-18(12)22)10-29-11-15(6-26-29)17-7-23-21-20(17)27-19(9-24-21)16-8-25-28-13(16)2/h3-9,11H,10H2,1-2H3,(H,23,24)(H,25,28). The smallest absolute Gasteiger partial charge is 0.156 e. The third kappa shape index (κ3) is 2.98. The van der Waals surface area contributed by atoms with Gasteiger partial charge in [-0.1, -0.05) is 12.1 Å². The van der Waals surface area contributed by atoms with Gasteiger partial charge in [0.25, 0.3) is 0 Å². The third-order valence-corrected chi connectivity index (χ3v) is 5.14. The minimum absolute atomic E-state index is 0.205. The van der Waals surface area contributed by atoms with Crippen LogP contribution in [0, 0.1) is 19.7 Å². The SMILES string of the molecule is Cc1[nH]ncc1-c1cnc2[nH]cc(-c3cnn(Cc4cccc(F)c4C)c3)c2n1. The number of halogens is 1. The van der Waals surface area contributed by atoms with Gasteiger partial charge < -0.3 is 4.98 Å². The number of H-pyrrole nitrogens is 2. The van der Waals surface area contributed by atoms with E-state index in [9.17, 15) is 4.39 Å². The van der Waals surface area contributed by atoms with Gasteiger partial charge >= 0.3 is 0 Å². The molecule has 0 saturated carbocycles. The predicted molar refractivity (Wildman–Crippen MR) is 108 cm³/mol. The Bertz CT molecular complexity index is 1330. The molecule has 2 N–H and O–H groups in total. The first-order chi connectivity index (χ1) is 14.1. The minimum atomic E-state index is -0.205. The molecule has 5 aromatic rings. The lowest BCUT2D eigenvalue weighted by atomic mass is 10.1. The molecule has 0 aliphatic carbocycles. The van der Waals surface area contributed by atoms with E-state index in [4.69, 9.17) is 4.98 Å². The summed E-state index contributed by atoms with van der Waals surface area (Å²) in [5.74, 6) is -0.205. The maximum Gasteiger partial charge on any atom is 0.156 e. The number of rotatable bonds is 4. The van der Waals surface area contributed by atoms with Crippen molar-refractivity contribution in [2.24, 2.45) is 0 Å². The van der Waals surface area contributed by atoms with Gasteiger partial charge in [0.05, 0.1) is 30.8 Å². The fraction of sp³-hybridized carbons (Fsp3) is 0.143. The van der Waals surface area contributed by atoms with Crippen LogP contribution in [-0.2, 0) is 6.54 Å². The fourth-order valence-corrected chi connectivity index (χ4v) is 3.44. The molecule has 4 aromatic heterocycles. The summed E-state index contributed by atoms with van der Waals surface area (Å²) in [6.07, 6.45) is 9.08. The van der Waals surface area contributed by atoms with E-state index in [1.54, 1.807) is 36.3 Å². The lowest BCUT2D eigenvalue weighted by Crippen LogP contribution is -2.02. The van der Waals surface area contributed by atoms with Gasteiger partial charge in [-0.05, 0) is 31.0 Å². The van der Waals surface area contributed by atoms with Gasteiger partial charge in [0, 0.05) is 34.8 Å². The van der Waals surface area contributed by atoms with E-state index in [0.29, 0.717) is 17.8 Å². The number of nitrogens with one attached hydrogen (secondary N) is 2. The molecule has 144 valence electrons. The number of nitrogens with zero attached hydrogens (tertiary/aromatic N) is 5. The van der Waals surface area contributed by atoms with E-state index < -0.39 is 0 Å². The summed E-state index contributed by atoms with van der Waals surface area (Å²) < 4.78 is 15.6. The summed E-state index contributed by atoms with van der Waals surface area (Å²) in [6.45, 7) is 4.23. The van der Waals surface area contributed by atoms with E-state index in [0.717, 1.165) is 39.2 Å². The van der Waals surface area contributed by atoms with Crippen LogP contribution in [0.25, 0.3) is 33.5 Å². The van der Waals surface area contributed by atoms with Gasteiger partial charge in [-0.25, -0.2) is 14.4 Å². The van der Waals surface area contributed by atoms with Crippen LogP contribution >= 0.6 is 0 Å². The minimum Gasteiger partial charge on any atom is -0.344 e. The van der Waals surface area contributed by atoms with E-state index in [1.165, 1.54) is 6.07 Å². The van der Waals surface area contributed by atoms with Crippen LogP contribution in [0.4, 0.5) is 4.39 Å². The Labute approximate surface area is 165 Å². The van der Waals surface area contributed by atoms with Crippen molar-refractivity contribution in [2.75, 3.05) is 0 Å². The van der Waals surface area contributed by atoms with E-state index in [1.807, 2.05) is 25.4 Å². The van der Waals surface area contributed by atoms with Crippen LogP contribution < -0.4 is 0 Å². The zero-order valence-electron chi connectivity index (χ0n) is 15.9. The summed E-state index contributed by atoms with van der Waals surface area (Å²) in [4.78, 5) is 12.5.